The normalized spacial score (nSPS) is 17.0. The summed E-state index contributed by atoms with van der Waals surface area (Å²) in [5.41, 5.74) is 1.75. The van der Waals surface area contributed by atoms with Crippen molar-refractivity contribution in [2.75, 3.05) is 0 Å². The van der Waals surface area contributed by atoms with Crippen molar-refractivity contribution in [1.82, 2.24) is 0 Å². The summed E-state index contributed by atoms with van der Waals surface area (Å²) in [5.74, 6) is 1.68. The van der Waals surface area contributed by atoms with E-state index in [-0.39, 0.29) is 0 Å². The molecule has 2 atom stereocenters. The van der Waals surface area contributed by atoms with Crippen molar-refractivity contribution in [2.45, 2.75) is 122 Å². The first-order chi connectivity index (χ1) is 10.4. The molecule has 0 heteroatoms. The molecule has 0 aromatic carbocycles. The molecule has 0 aliphatic heterocycles. The van der Waals surface area contributed by atoms with Gasteiger partial charge in [0, 0.05) is 0 Å². The van der Waals surface area contributed by atoms with Gasteiger partial charge in [-0.1, -0.05) is 95.9 Å². The predicted molar refractivity (Wildman–Crippen MR) is 113 cm³/mol. The molecule has 0 radical (unpaired) electrons. The molecule has 0 bridgehead atoms. The van der Waals surface area contributed by atoms with Crippen molar-refractivity contribution in [2.24, 2.45) is 33.5 Å². The van der Waals surface area contributed by atoms with Gasteiger partial charge in [0.25, 0.3) is 0 Å². The van der Waals surface area contributed by atoms with Gasteiger partial charge >= 0.3 is 0 Å². The quantitative estimate of drug-likeness (QED) is 0.407. The van der Waals surface area contributed by atoms with Gasteiger partial charge in [-0.15, -0.1) is 0 Å². The van der Waals surface area contributed by atoms with Crippen LogP contribution in [0.25, 0.3) is 0 Å². The van der Waals surface area contributed by atoms with E-state index in [1.807, 2.05) is 0 Å². The molecule has 24 heavy (non-hydrogen) atoms. The van der Waals surface area contributed by atoms with Gasteiger partial charge in [-0.25, -0.2) is 0 Å². The van der Waals surface area contributed by atoms with Crippen LogP contribution in [0.2, 0.25) is 0 Å². The SMILES string of the molecule is CC(C)(C)CC(CCCCC(CC(C)(C)C)C(C)(C)C)C(C)(C)C. The second-order valence-corrected chi connectivity index (χ2v) is 12.9. The predicted octanol–water partition coefficient (Wildman–Crippen LogP) is 8.74. The molecule has 0 spiro atoms. The fraction of sp³-hybridized carbons (Fsp3) is 1.00. The lowest BCUT2D eigenvalue weighted by Crippen LogP contribution is -2.26. The Balaban J connectivity index is 4.59. The summed E-state index contributed by atoms with van der Waals surface area (Å²) >= 11 is 0. The van der Waals surface area contributed by atoms with Crippen LogP contribution in [0.1, 0.15) is 122 Å². The molecule has 2 unspecified atom stereocenters. The molecular weight excluding hydrogens is 288 g/mol. The van der Waals surface area contributed by atoms with Gasteiger partial charge in [-0.3, -0.25) is 0 Å². The summed E-state index contributed by atoms with van der Waals surface area (Å²) in [4.78, 5) is 0. The van der Waals surface area contributed by atoms with Crippen molar-refractivity contribution < 1.29 is 0 Å². The summed E-state index contributed by atoms with van der Waals surface area (Å²) < 4.78 is 0. The zero-order valence-electron chi connectivity index (χ0n) is 19.4. The molecule has 0 aliphatic carbocycles. The van der Waals surface area contributed by atoms with Crippen molar-refractivity contribution in [1.29, 1.82) is 0 Å². The monoisotopic (exact) mass is 338 g/mol. The van der Waals surface area contributed by atoms with Crippen LogP contribution in [-0.4, -0.2) is 0 Å². The topological polar surface area (TPSA) is 0 Å². The van der Waals surface area contributed by atoms with Gasteiger partial charge in [-0.2, -0.15) is 0 Å². The van der Waals surface area contributed by atoms with E-state index in [9.17, 15) is 0 Å². The summed E-state index contributed by atoms with van der Waals surface area (Å²) in [6, 6.07) is 0. The van der Waals surface area contributed by atoms with E-state index in [2.05, 4.69) is 83.1 Å². The highest BCUT2D eigenvalue weighted by atomic mass is 14.4. The van der Waals surface area contributed by atoms with Crippen molar-refractivity contribution in [3.63, 3.8) is 0 Å². The van der Waals surface area contributed by atoms with Gasteiger partial charge < -0.3 is 0 Å². The first-order valence-corrected chi connectivity index (χ1v) is 10.4. The number of hydrogen-bond acceptors (Lipinski definition) is 0. The highest BCUT2D eigenvalue weighted by Crippen LogP contribution is 2.41. The van der Waals surface area contributed by atoms with Crippen LogP contribution in [0.5, 0.6) is 0 Å². The molecule has 0 aromatic heterocycles. The van der Waals surface area contributed by atoms with Gasteiger partial charge in [0.15, 0.2) is 0 Å². The standard InChI is InChI=1S/C24H50/c1-21(2,3)17-19(23(7,8)9)15-13-14-16-20(24(10,11)12)18-22(4,5)6/h19-20H,13-18H2,1-12H3. The fourth-order valence-electron chi connectivity index (χ4n) is 3.94. The summed E-state index contributed by atoms with van der Waals surface area (Å²) in [6.07, 6.45) is 8.28. The highest BCUT2D eigenvalue weighted by Gasteiger charge is 2.30. The lowest BCUT2D eigenvalue weighted by Gasteiger charge is -2.37. The molecule has 0 rings (SSSR count). The van der Waals surface area contributed by atoms with Gasteiger partial charge in [-0.05, 0) is 59.2 Å². The van der Waals surface area contributed by atoms with Gasteiger partial charge in [0.2, 0.25) is 0 Å². The first kappa shape index (κ1) is 24.0. The Labute approximate surface area is 155 Å². The maximum Gasteiger partial charge on any atom is -0.0354 e. The average Bonchev–Trinajstić information content (AvgIpc) is 2.25. The molecule has 0 aliphatic rings. The van der Waals surface area contributed by atoms with E-state index in [1.54, 1.807) is 0 Å². The molecule has 0 saturated heterocycles. The third-order valence-electron chi connectivity index (χ3n) is 5.52. The summed E-state index contributed by atoms with van der Waals surface area (Å²) in [7, 11) is 0. The van der Waals surface area contributed by atoms with E-state index in [1.165, 1.54) is 38.5 Å². The average molecular weight is 339 g/mol. The lowest BCUT2D eigenvalue weighted by molar-refractivity contribution is 0.137. The van der Waals surface area contributed by atoms with Crippen LogP contribution in [0, 0.1) is 33.5 Å². The van der Waals surface area contributed by atoms with E-state index in [0.717, 1.165) is 11.8 Å². The Morgan fingerprint density at radius 3 is 0.875 bits per heavy atom. The first-order valence-electron chi connectivity index (χ1n) is 10.4. The number of unbranched alkanes of at least 4 members (excludes halogenated alkanes) is 1. The molecular formula is C24H50. The zero-order chi connectivity index (χ0) is 19.4. The molecule has 0 heterocycles. The Morgan fingerprint density at radius 2 is 0.708 bits per heavy atom. The number of rotatable bonds is 7. The van der Waals surface area contributed by atoms with E-state index >= 15 is 0 Å². The largest absolute Gasteiger partial charge is 0.0602 e. The minimum Gasteiger partial charge on any atom is -0.0602 e. The minimum atomic E-state index is 0.433. The molecule has 146 valence electrons. The highest BCUT2D eigenvalue weighted by molar-refractivity contribution is 4.81. The molecule has 0 saturated carbocycles. The second kappa shape index (κ2) is 8.59. The fourth-order valence-corrected chi connectivity index (χ4v) is 3.94. The number of hydrogen-bond donors (Lipinski definition) is 0. The third kappa shape index (κ3) is 11.5. The van der Waals surface area contributed by atoms with E-state index in [4.69, 9.17) is 0 Å². The van der Waals surface area contributed by atoms with Crippen molar-refractivity contribution >= 4 is 0 Å². The van der Waals surface area contributed by atoms with Crippen LogP contribution >= 0.6 is 0 Å². The van der Waals surface area contributed by atoms with Crippen LogP contribution in [-0.2, 0) is 0 Å². The smallest absolute Gasteiger partial charge is 0.0354 e. The zero-order valence-corrected chi connectivity index (χ0v) is 19.4. The molecule has 0 aromatic rings. The lowest BCUT2D eigenvalue weighted by atomic mass is 9.68. The van der Waals surface area contributed by atoms with Crippen LogP contribution in [0.15, 0.2) is 0 Å². The van der Waals surface area contributed by atoms with Gasteiger partial charge in [0.1, 0.15) is 0 Å². The third-order valence-corrected chi connectivity index (χ3v) is 5.52. The Morgan fingerprint density at radius 1 is 0.458 bits per heavy atom. The van der Waals surface area contributed by atoms with E-state index < -0.39 is 0 Å². The molecule has 0 nitrogen and oxygen atoms in total. The maximum atomic E-state index is 2.43. The molecule has 0 fully saturated rings. The van der Waals surface area contributed by atoms with Gasteiger partial charge in [0.05, 0.1) is 0 Å². The van der Waals surface area contributed by atoms with Crippen molar-refractivity contribution in [3.05, 3.63) is 0 Å². The van der Waals surface area contributed by atoms with Crippen molar-refractivity contribution in [3.8, 4) is 0 Å². The van der Waals surface area contributed by atoms with E-state index in [0.29, 0.717) is 21.7 Å². The molecule has 0 amide bonds. The van der Waals surface area contributed by atoms with Crippen LogP contribution in [0.3, 0.4) is 0 Å². The summed E-state index contributed by atoms with van der Waals surface area (Å²) in [6.45, 7) is 29.0. The van der Waals surface area contributed by atoms with Crippen LogP contribution < -0.4 is 0 Å². The minimum absolute atomic E-state index is 0.433. The Bertz CT molecular complexity index is 298. The van der Waals surface area contributed by atoms with Crippen LogP contribution in [0.4, 0.5) is 0 Å². The summed E-state index contributed by atoms with van der Waals surface area (Å²) in [5, 5.41) is 0. The second-order valence-electron chi connectivity index (χ2n) is 12.9. The Hall–Kier alpha value is 0. The Kier molecular flexibility index (Phi) is 8.59. The molecule has 0 N–H and O–H groups in total. The maximum absolute atomic E-state index is 2.43.